The van der Waals surface area contributed by atoms with Crippen molar-refractivity contribution in [2.75, 3.05) is 20.3 Å². The lowest BCUT2D eigenvalue weighted by atomic mass is 10.1. The van der Waals surface area contributed by atoms with Crippen LogP contribution in [-0.4, -0.2) is 60.8 Å². The van der Waals surface area contributed by atoms with E-state index in [2.05, 4.69) is 5.32 Å². The highest BCUT2D eigenvalue weighted by molar-refractivity contribution is 5.95. The molecule has 0 radical (unpaired) electrons. The second-order valence-corrected chi connectivity index (χ2v) is 5.13. The maximum atomic E-state index is 12.2. The van der Waals surface area contributed by atoms with Gasteiger partial charge in [0, 0.05) is 5.56 Å². The number of aromatic hydroxyl groups is 1. The van der Waals surface area contributed by atoms with Crippen LogP contribution in [0.4, 0.5) is 0 Å². The van der Waals surface area contributed by atoms with E-state index in [1.54, 1.807) is 0 Å². The molecular formula is C14H17NO6. The number of fused-ring (bicyclic) bond motifs is 1. The van der Waals surface area contributed by atoms with Crippen LogP contribution in [-0.2, 0) is 9.47 Å². The van der Waals surface area contributed by atoms with Gasteiger partial charge >= 0.3 is 0 Å². The second-order valence-electron chi connectivity index (χ2n) is 5.13. The van der Waals surface area contributed by atoms with E-state index in [1.807, 2.05) is 0 Å². The zero-order valence-electron chi connectivity index (χ0n) is 11.5. The van der Waals surface area contributed by atoms with E-state index in [9.17, 15) is 15.0 Å². The number of aliphatic hydroxyl groups excluding tert-OH is 1. The van der Waals surface area contributed by atoms with Crippen LogP contribution < -0.4 is 10.1 Å². The number of rotatable bonds is 3. The quantitative estimate of drug-likeness (QED) is 0.706. The highest BCUT2D eigenvalue weighted by Gasteiger charge is 2.47. The van der Waals surface area contributed by atoms with Gasteiger partial charge < -0.3 is 29.7 Å². The molecule has 2 saturated heterocycles. The first kappa shape index (κ1) is 14.1. The highest BCUT2D eigenvalue weighted by atomic mass is 16.6. The van der Waals surface area contributed by atoms with Crippen molar-refractivity contribution in [2.45, 2.75) is 24.4 Å². The van der Waals surface area contributed by atoms with Gasteiger partial charge in [-0.05, 0) is 18.2 Å². The zero-order chi connectivity index (χ0) is 15.0. The minimum Gasteiger partial charge on any atom is -0.504 e. The number of aliphatic hydroxyl groups is 1. The Balaban J connectivity index is 1.69. The predicted octanol–water partition coefficient (Wildman–Crippen LogP) is -0.342. The number of carbonyl (C=O) groups excluding carboxylic acids is 1. The minimum absolute atomic E-state index is 0.0273. The second kappa shape index (κ2) is 5.51. The van der Waals surface area contributed by atoms with Crippen molar-refractivity contribution in [1.82, 2.24) is 5.32 Å². The van der Waals surface area contributed by atoms with Gasteiger partial charge in [-0.1, -0.05) is 0 Å². The molecule has 0 bridgehead atoms. The summed E-state index contributed by atoms with van der Waals surface area (Å²) in [6.45, 7) is 0.516. The molecule has 0 saturated carbocycles. The summed E-state index contributed by atoms with van der Waals surface area (Å²) in [6, 6.07) is 4.06. The molecule has 0 aliphatic carbocycles. The van der Waals surface area contributed by atoms with E-state index < -0.39 is 6.10 Å². The standard InChI is InChI=1S/C14H17NO6/c1-19-11-4-7(2-3-9(11)16)14(18)15-8-5-20-13-10(17)6-21-12(8)13/h2-4,8,10,12-13,16-17H,5-6H2,1H3,(H,15,18)/t8-,10+,12+,13+/m0/s1. The number of nitrogens with one attached hydrogen (secondary N) is 1. The monoisotopic (exact) mass is 295 g/mol. The van der Waals surface area contributed by atoms with Crippen molar-refractivity contribution in [3.8, 4) is 11.5 Å². The summed E-state index contributed by atoms with van der Waals surface area (Å²) in [4.78, 5) is 12.2. The van der Waals surface area contributed by atoms with E-state index >= 15 is 0 Å². The van der Waals surface area contributed by atoms with Crippen molar-refractivity contribution in [2.24, 2.45) is 0 Å². The lowest BCUT2D eigenvalue weighted by molar-refractivity contribution is 0.0178. The molecule has 0 unspecified atom stereocenters. The molecule has 0 spiro atoms. The first-order chi connectivity index (χ1) is 10.1. The van der Waals surface area contributed by atoms with Crippen molar-refractivity contribution in [3.05, 3.63) is 23.8 Å². The molecule has 1 amide bonds. The van der Waals surface area contributed by atoms with Crippen LogP contribution in [0.25, 0.3) is 0 Å². The number of amides is 1. The molecule has 3 N–H and O–H groups in total. The Morgan fingerprint density at radius 1 is 1.33 bits per heavy atom. The van der Waals surface area contributed by atoms with Crippen LogP contribution in [0.3, 0.4) is 0 Å². The lowest BCUT2D eigenvalue weighted by Gasteiger charge is -2.17. The van der Waals surface area contributed by atoms with E-state index in [4.69, 9.17) is 14.2 Å². The van der Waals surface area contributed by atoms with E-state index in [1.165, 1.54) is 25.3 Å². The summed E-state index contributed by atoms with van der Waals surface area (Å²) in [7, 11) is 1.42. The van der Waals surface area contributed by atoms with Gasteiger partial charge in [0.05, 0.1) is 26.4 Å². The number of phenols is 1. The average Bonchev–Trinajstić information content (AvgIpc) is 3.04. The number of hydrogen-bond acceptors (Lipinski definition) is 6. The molecule has 2 aliphatic heterocycles. The number of carbonyl (C=O) groups is 1. The maximum absolute atomic E-state index is 12.2. The third-order valence-electron chi connectivity index (χ3n) is 3.79. The van der Waals surface area contributed by atoms with Crippen LogP contribution in [0.1, 0.15) is 10.4 Å². The van der Waals surface area contributed by atoms with Gasteiger partial charge in [0.25, 0.3) is 5.91 Å². The Labute approximate surface area is 121 Å². The number of benzene rings is 1. The van der Waals surface area contributed by atoms with Gasteiger partial charge in [0.1, 0.15) is 18.3 Å². The largest absolute Gasteiger partial charge is 0.504 e. The predicted molar refractivity (Wildman–Crippen MR) is 71.4 cm³/mol. The zero-order valence-corrected chi connectivity index (χ0v) is 11.5. The van der Waals surface area contributed by atoms with Crippen molar-refractivity contribution in [3.63, 3.8) is 0 Å². The first-order valence-corrected chi connectivity index (χ1v) is 6.69. The molecule has 1 aromatic carbocycles. The number of hydrogen-bond donors (Lipinski definition) is 3. The fourth-order valence-corrected chi connectivity index (χ4v) is 2.67. The van der Waals surface area contributed by atoms with Crippen molar-refractivity contribution < 1.29 is 29.2 Å². The minimum atomic E-state index is -0.648. The Morgan fingerprint density at radius 3 is 2.86 bits per heavy atom. The molecule has 7 nitrogen and oxygen atoms in total. The molecule has 114 valence electrons. The van der Waals surface area contributed by atoms with E-state index in [0.717, 1.165) is 0 Å². The molecule has 2 aliphatic rings. The normalized spacial score (nSPS) is 31.0. The van der Waals surface area contributed by atoms with Gasteiger partial charge in [-0.2, -0.15) is 0 Å². The molecule has 3 rings (SSSR count). The summed E-state index contributed by atoms with van der Waals surface area (Å²) in [6.07, 6.45) is -1.36. The molecular weight excluding hydrogens is 278 g/mol. The highest BCUT2D eigenvalue weighted by Crippen LogP contribution is 2.28. The van der Waals surface area contributed by atoms with Crippen LogP contribution in [0.5, 0.6) is 11.5 Å². The number of ether oxygens (including phenoxy) is 3. The summed E-state index contributed by atoms with van der Waals surface area (Å²) in [5, 5.41) is 22.0. The van der Waals surface area contributed by atoms with Crippen LogP contribution in [0, 0.1) is 0 Å². The summed E-state index contributed by atoms with van der Waals surface area (Å²) >= 11 is 0. The molecule has 7 heteroatoms. The van der Waals surface area contributed by atoms with Crippen molar-refractivity contribution in [1.29, 1.82) is 0 Å². The summed E-state index contributed by atoms with van der Waals surface area (Å²) in [5.41, 5.74) is 0.367. The number of methoxy groups -OCH3 is 1. The van der Waals surface area contributed by atoms with Crippen LogP contribution in [0.15, 0.2) is 18.2 Å². The smallest absolute Gasteiger partial charge is 0.251 e. The maximum Gasteiger partial charge on any atom is 0.251 e. The summed E-state index contributed by atoms with van der Waals surface area (Å²) in [5.74, 6) is -0.108. The SMILES string of the molecule is COc1cc(C(=O)N[C@H]2CO[C@H]3[C@@H]2OC[C@H]3O)ccc1O. The molecule has 2 fully saturated rings. The van der Waals surface area contributed by atoms with Gasteiger partial charge in [0.15, 0.2) is 11.5 Å². The van der Waals surface area contributed by atoms with Crippen LogP contribution in [0.2, 0.25) is 0 Å². The molecule has 4 atom stereocenters. The molecule has 2 heterocycles. The van der Waals surface area contributed by atoms with Crippen LogP contribution >= 0.6 is 0 Å². The number of phenolic OH excluding ortho intramolecular Hbond substituents is 1. The van der Waals surface area contributed by atoms with Gasteiger partial charge in [-0.3, -0.25) is 4.79 Å². The third-order valence-corrected chi connectivity index (χ3v) is 3.79. The Morgan fingerprint density at radius 2 is 2.10 bits per heavy atom. The fourth-order valence-electron chi connectivity index (χ4n) is 2.67. The van der Waals surface area contributed by atoms with Crippen molar-refractivity contribution >= 4 is 5.91 Å². The van der Waals surface area contributed by atoms with E-state index in [-0.39, 0.29) is 42.3 Å². The topological polar surface area (TPSA) is 97.3 Å². The first-order valence-electron chi connectivity index (χ1n) is 6.69. The van der Waals surface area contributed by atoms with E-state index in [0.29, 0.717) is 12.2 Å². The molecule has 21 heavy (non-hydrogen) atoms. The molecule has 0 aromatic heterocycles. The fraction of sp³-hybridized carbons (Fsp3) is 0.500. The third kappa shape index (κ3) is 2.55. The average molecular weight is 295 g/mol. The van der Waals surface area contributed by atoms with Gasteiger partial charge in [-0.15, -0.1) is 0 Å². The lowest BCUT2D eigenvalue weighted by Crippen LogP contribution is -2.44. The summed E-state index contributed by atoms with van der Waals surface area (Å²) < 4.78 is 15.9. The Bertz CT molecular complexity index is 548. The Hall–Kier alpha value is -1.83. The molecule has 1 aromatic rings. The van der Waals surface area contributed by atoms with Gasteiger partial charge in [0.2, 0.25) is 0 Å². The Kier molecular flexibility index (Phi) is 3.71. The van der Waals surface area contributed by atoms with Gasteiger partial charge in [-0.25, -0.2) is 0 Å².